The quantitative estimate of drug-likeness (QED) is 0.118. The molecule has 0 spiro atoms. The summed E-state index contributed by atoms with van der Waals surface area (Å²) in [5.41, 5.74) is 6.40. The Kier molecular flexibility index (Phi) is 6.34. The van der Waals surface area contributed by atoms with Crippen LogP contribution in [-0.2, 0) is 14.3 Å². The molecule has 1 aromatic heterocycles. The number of rotatable bonds is 6. The van der Waals surface area contributed by atoms with Crippen molar-refractivity contribution in [3.8, 4) is 11.3 Å². The first-order chi connectivity index (χ1) is 20.7. The van der Waals surface area contributed by atoms with E-state index < -0.39 is 5.97 Å². The number of nitrogens with zero attached hydrogens (tertiary/aromatic N) is 2. The van der Waals surface area contributed by atoms with Crippen LogP contribution in [-0.4, -0.2) is 35.2 Å². The molecule has 3 aliphatic rings. The van der Waals surface area contributed by atoms with Crippen molar-refractivity contribution in [2.45, 2.75) is 27.2 Å². The van der Waals surface area contributed by atoms with Crippen LogP contribution >= 0.6 is 0 Å². The summed E-state index contributed by atoms with van der Waals surface area (Å²) in [5, 5.41) is 0.631. The molecule has 7 heteroatoms. The predicted octanol–water partition coefficient (Wildman–Crippen LogP) is 6.26. The highest BCUT2D eigenvalue weighted by atomic mass is 16.5. The molecule has 1 aliphatic heterocycles. The number of amides is 2. The van der Waals surface area contributed by atoms with Crippen molar-refractivity contribution in [3.63, 3.8) is 0 Å². The molecule has 2 heterocycles. The smallest absolute Gasteiger partial charge is 0.339 e. The molecule has 4 atom stereocenters. The van der Waals surface area contributed by atoms with Gasteiger partial charge in [-0.1, -0.05) is 65.2 Å². The lowest BCUT2D eigenvalue weighted by Crippen LogP contribution is -2.32. The lowest BCUT2D eigenvalue weighted by atomic mass is 9.82. The fourth-order valence-corrected chi connectivity index (χ4v) is 7.00. The van der Waals surface area contributed by atoms with E-state index in [1.807, 2.05) is 44.2 Å². The highest BCUT2D eigenvalue weighted by Crippen LogP contribution is 2.55. The Bertz CT molecular complexity index is 1870. The molecule has 214 valence electrons. The van der Waals surface area contributed by atoms with Crippen molar-refractivity contribution in [2.24, 2.45) is 23.7 Å². The minimum atomic E-state index is -0.616. The topological polar surface area (TPSA) is 93.6 Å². The third-order valence-electron chi connectivity index (χ3n) is 9.19. The van der Waals surface area contributed by atoms with Crippen LogP contribution in [0.3, 0.4) is 0 Å². The molecular formula is C36H30N2O5. The van der Waals surface area contributed by atoms with E-state index in [9.17, 15) is 19.2 Å². The van der Waals surface area contributed by atoms with Crippen molar-refractivity contribution in [1.29, 1.82) is 0 Å². The summed E-state index contributed by atoms with van der Waals surface area (Å²) in [4.78, 5) is 58.9. The summed E-state index contributed by atoms with van der Waals surface area (Å²) in [6, 6.07) is 21.6. The van der Waals surface area contributed by atoms with Crippen LogP contribution in [0.2, 0.25) is 0 Å². The highest BCUT2D eigenvalue weighted by molar-refractivity contribution is 6.23. The van der Waals surface area contributed by atoms with Crippen molar-refractivity contribution in [3.05, 3.63) is 107 Å². The number of Topliss-reactive ketones (excluding diaryl/α,β-unsaturated/α-hetero) is 1. The molecular weight excluding hydrogens is 540 g/mol. The summed E-state index contributed by atoms with van der Waals surface area (Å²) in [7, 11) is 0. The molecule has 2 fully saturated rings. The lowest BCUT2D eigenvalue weighted by molar-refractivity contribution is -0.123. The van der Waals surface area contributed by atoms with Crippen LogP contribution in [0.15, 0.2) is 84.4 Å². The molecule has 2 amide bonds. The fraction of sp³-hybridized carbons (Fsp3) is 0.250. The molecule has 2 aliphatic carbocycles. The normalized spacial score (nSPS) is 22.2. The number of hydrogen-bond donors (Lipinski definition) is 0. The average molecular weight is 571 g/mol. The van der Waals surface area contributed by atoms with E-state index in [0.717, 1.165) is 17.5 Å². The van der Waals surface area contributed by atoms with E-state index >= 15 is 0 Å². The standard InChI is InChI=1S/C36H30N2O5/c1-19-4-7-23(8-5-19)31(39)18-43-36(42)28-17-30(37-29-13-6-20(2)14-27(28)29)22-9-11-25(12-10-22)38-34(40)32-24-15-21(3)26(16-24)33(32)35(38)41/h4-15,17,24,26,32-33H,16,18H2,1-3H3. The van der Waals surface area contributed by atoms with E-state index in [1.165, 1.54) is 10.5 Å². The van der Waals surface area contributed by atoms with E-state index in [2.05, 4.69) is 13.0 Å². The van der Waals surface area contributed by atoms with Gasteiger partial charge in [0.2, 0.25) is 11.8 Å². The number of ether oxygens (including phenoxy) is 1. The predicted molar refractivity (Wildman–Crippen MR) is 163 cm³/mol. The average Bonchev–Trinajstić information content (AvgIpc) is 3.65. The van der Waals surface area contributed by atoms with E-state index in [4.69, 9.17) is 9.72 Å². The second-order valence-corrected chi connectivity index (χ2v) is 12.0. The molecule has 1 saturated carbocycles. The number of anilines is 1. The minimum Gasteiger partial charge on any atom is -0.454 e. The van der Waals surface area contributed by atoms with E-state index in [-0.39, 0.29) is 47.9 Å². The number of carbonyl (C=O) groups excluding carboxylic acids is 4. The molecule has 4 unspecified atom stereocenters. The van der Waals surface area contributed by atoms with Crippen LogP contribution in [0.25, 0.3) is 22.2 Å². The number of fused-ring (bicyclic) bond motifs is 6. The van der Waals surface area contributed by atoms with Crippen LogP contribution in [0.1, 0.15) is 45.2 Å². The molecule has 3 aromatic carbocycles. The van der Waals surface area contributed by atoms with Crippen LogP contribution in [0, 0.1) is 37.5 Å². The Morgan fingerprint density at radius 2 is 1.56 bits per heavy atom. The van der Waals surface area contributed by atoms with Gasteiger partial charge >= 0.3 is 5.97 Å². The second kappa shape index (κ2) is 10.1. The summed E-state index contributed by atoms with van der Waals surface area (Å²) in [6.45, 7) is 5.55. The number of allylic oxidation sites excluding steroid dienone is 2. The van der Waals surface area contributed by atoms with Gasteiger partial charge in [0.05, 0.1) is 34.3 Å². The van der Waals surface area contributed by atoms with Crippen molar-refractivity contribution in [2.75, 3.05) is 11.5 Å². The van der Waals surface area contributed by atoms with Gasteiger partial charge < -0.3 is 4.74 Å². The first-order valence-corrected chi connectivity index (χ1v) is 14.5. The maximum absolute atomic E-state index is 13.4. The first-order valence-electron chi connectivity index (χ1n) is 14.5. The zero-order valence-electron chi connectivity index (χ0n) is 24.2. The largest absolute Gasteiger partial charge is 0.454 e. The number of esters is 1. The Balaban J connectivity index is 1.16. The number of ketones is 1. The SMILES string of the molecule is CC1=CC2CC1C1C(=O)N(c3ccc(-c4cc(C(=O)OCC(=O)c5ccc(C)cc5)c5cc(C)ccc5n4)cc3)C(=O)C21. The summed E-state index contributed by atoms with van der Waals surface area (Å²) in [5.74, 6) is -1.37. The number of pyridine rings is 1. The van der Waals surface area contributed by atoms with Crippen LogP contribution in [0.4, 0.5) is 5.69 Å². The van der Waals surface area contributed by atoms with Gasteiger partial charge in [-0.25, -0.2) is 9.78 Å². The molecule has 0 radical (unpaired) electrons. The van der Waals surface area contributed by atoms with Crippen molar-refractivity contribution in [1.82, 2.24) is 4.98 Å². The van der Waals surface area contributed by atoms with Gasteiger partial charge in [0.15, 0.2) is 12.4 Å². The van der Waals surface area contributed by atoms with Gasteiger partial charge in [-0.05, 0) is 69.4 Å². The monoisotopic (exact) mass is 570 g/mol. The van der Waals surface area contributed by atoms with E-state index in [1.54, 1.807) is 42.5 Å². The molecule has 7 nitrogen and oxygen atoms in total. The zero-order valence-corrected chi connectivity index (χ0v) is 24.2. The van der Waals surface area contributed by atoms with E-state index in [0.29, 0.717) is 39.0 Å². The maximum Gasteiger partial charge on any atom is 0.339 e. The highest BCUT2D eigenvalue weighted by Gasteiger charge is 2.60. The van der Waals surface area contributed by atoms with Gasteiger partial charge in [-0.2, -0.15) is 0 Å². The molecule has 43 heavy (non-hydrogen) atoms. The Hall–Kier alpha value is -4.91. The second-order valence-electron chi connectivity index (χ2n) is 12.0. The number of imide groups is 1. The number of hydrogen-bond acceptors (Lipinski definition) is 6. The Morgan fingerprint density at radius 3 is 2.30 bits per heavy atom. The van der Waals surface area contributed by atoms with Crippen LogP contribution < -0.4 is 4.90 Å². The van der Waals surface area contributed by atoms with Gasteiger partial charge in [-0.15, -0.1) is 0 Å². The van der Waals surface area contributed by atoms with Crippen molar-refractivity contribution < 1.29 is 23.9 Å². The van der Waals surface area contributed by atoms with Crippen LogP contribution in [0.5, 0.6) is 0 Å². The molecule has 1 saturated heterocycles. The number of aryl methyl sites for hydroxylation is 2. The van der Waals surface area contributed by atoms with Gasteiger partial charge in [0, 0.05) is 16.5 Å². The van der Waals surface area contributed by atoms with Gasteiger partial charge in [0.1, 0.15) is 0 Å². The fourth-order valence-electron chi connectivity index (χ4n) is 7.00. The van der Waals surface area contributed by atoms with Gasteiger partial charge in [0.25, 0.3) is 0 Å². The number of carbonyl (C=O) groups is 4. The summed E-state index contributed by atoms with van der Waals surface area (Å²) >= 11 is 0. The molecule has 4 aromatic rings. The third kappa shape index (κ3) is 4.47. The van der Waals surface area contributed by atoms with Crippen molar-refractivity contribution >= 4 is 40.2 Å². The Labute approximate surface area is 249 Å². The summed E-state index contributed by atoms with van der Waals surface area (Å²) < 4.78 is 5.49. The molecule has 2 bridgehead atoms. The maximum atomic E-state index is 13.4. The van der Waals surface area contributed by atoms with Gasteiger partial charge in [-0.3, -0.25) is 19.3 Å². The number of benzene rings is 3. The molecule has 7 rings (SSSR count). The minimum absolute atomic E-state index is 0.118. The Morgan fingerprint density at radius 1 is 0.860 bits per heavy atom. The first kappa shape index (κ1) is 27.0. The lowest BCUT2D eigenvalue weighted by Gasteiger charge is -2.19. The summed E-state index contributed by atoms with van der Waals surface area (Å²) in [6.07, 6.45) is 3.06. The molecule has 0 N–H and O–H groups in total. The number of aromatic nitrogens is 1. The third-order valence-corrected chi connectivity index (χ3v) is 9.19. The zero-order chi connectivity index (χ0) is 30.0.